The van der Waals surface area contributed by atoms with Gasteiger partial charge in [0.05, 0.1) is 28.8 Å². The first-order valence-corrected chi connectivity index (χ1v) is 7.03. The van der Waals surface area contributed by atoms with Crippen LogP contribution in [0.3, 0.4) is 0 Å². The van der Waals surface area contributed by atoms with Crippen molar-refractivity contribution in [2.45, 2.75) is 19.1 Å². The summed E-state index contributed by atoms with van der Waals surface area (Å²) in [6.07, 6.45) is 1.10. The van der Waals surface area contributed by atoms with Crippen molar-refractivity contribution < 1.29 is 13.2 Å². The molecule has 1 atom stereocenters. The van der Waals surface area contributed by atoms with Gasteiger partial charge in [0.2, 0.25) is 0 Å². The van der Waals surface area contributed by atoms with Crippen LogP contribution < -0.4 is 11.3 Å². The molecule has 1 aromatic heterocycles. The Morgan fingerprint density at radius 2 is 2.04 bits per heavy atom. The molecule has 1 unspecified atom stereocenters. The van der Waals surface area contributed by atoms with Gasteiger partial charge in [-0.3, -0.25) is 9.36 Å². The number of allylic oxidation sites excluding steroid dienone is 4. The van der Waals surface area contributed by atoms with Crippen molar-refractivity contribution in [2.24, 2.45) is 0 Å². The third kappa shape index (κ3) is 3.10. The lowest BCUT2D eigenvalue weighted by Gasteiger charge is -2.20. The van der Waals surface area contributed by atoms with E-state index in [0.29, 0.717) is 5.57 Å². The van der Waals surface area contributed by atoms with Crippen LogP contribution in [0.1, 0.15) is 18.5 Å². The van der Waals surface area contributed by atoms with Gasteiger partial charge in [0.1, 0.15) is 0 Å². The fourth-order valence-corrected chi connectivity index (χ4v) is 2.50. The monoisotopic (exact) mass is 335 g/mol. The van der Waals surface area contributed by atoms with Crippen molar-refractivity contribution >= 4 is 16.7 Å². The van der Waals surface area contributed by atoms with Crippen LogP contribution in [0.5, 0.6) is 0 Å². The van der Waals surface area contributed by atoms with E-state index >= 15 is 0 Å². The zero-order valence-corrected chi connectivity index (χ0v) is 13.0. The summed E-state index contributed by atoms with van der Waals surface area (Å²) in [4.78, 5) is 16.1. The Balaban J connectivity index is 2.85. The maximum Gasteiger partial charge on any atom is 0.418 e. The second kappa shape index (κ2) is 6.35. The molecule has 0 saturated carbocycles. The Morgan fingerprint density at radius 1 is 1.38 bits per heavy atom. The number of benzene rings is 1. The Hall–Kier alpha value is -2.83. The van der Waals surface area contributed by atoms with Gasteiger partial charge >= 0.3 is 6.18 Å². The largest absolute Gasteiger partial charge is 0.418 e. The first-order chi connectivity index (χ1) is 11.2. The van der Waals surface area contributed by atoms with E-state index in [9.17, 15) is 18.0 Å². The minimum Gasteiger partial charge on any atom is -0.398 e. The zero-order valence-electron chi connectivity index (χ0n) is 13.0. The van der Waals surface area contributed by atoms with Gasteiger partial charge in [0.15, 0.2) is 0 Å². The predicted octanol–water partition coefficient (Wildman–Crippen LogP) is 3.86. The molecule has 24 heavy (non-hydrogen) atoms. The molecule has 0 bridgehead atoms. The molecule has 2 N–H and O–H groups in total. The van der Waals surface area contributed by atoms with Crippen molar-refractivity contribution in [1.82, 2.24) is 9.55 Å². The topological polar surface area (TPSA) is 60.9 Å². The second-order valence-electron chi connectivity index (χ2n) is 5.17. The molecule has 0 aliphatic rings. The summed E-state index contributed by atoms with van der Waals surface area (Å²) < 4.78 is 40.6. The van der Waals surface area contributed by atoms with Crippen molar-refractivity contribution in [2.75, 3.05) is 5.73 Å². The van der Waals surface area contributed by atoms with Crippen LogP contribution in [0.2, 0.25) is 0 Å². The lowest BCUT2D eigenvalue weighted by Crippen LogP contribution is -2.25. The molecular formula is C17H16F3N3O. The summed E-state index contributed by atoms with van der Waals surface area (Å²) >= 11 is 0. The van der Waals surface area contributed by atoms with Crippen molar-refractivity contribution in [3.05, 3.63) is 71.2 Å². The number of hydrogen-bond acceptors (Lipinski definition) is 3. The van der Waals surface area contributed by atoms with Crippen LogP contribution >= 0.6 is 0 Å². The van der Waals surface area contributed by atoms with Crippen molar-refractivity contribution in [3.8, 4) is 0 Å². The number of hydrogen-bond donors (Lipinski definition) is 1. The van der Waals surface area contributed by atoms with Gasteiger partial charge in [0.25, 0.3) is 5.56 Å². The maximum absolute atomic E-state index is 13.1. The highest BCUT2D eigenvalue weighted by molar-refractivity contribution is 5.81. The van der Waals surface area contributed by atoms with Crippen LogP contribution in [0, 0.1) is 0 Å². The number of alkyl halides is 3. The maximum atomic E-state index is 13.1. The number of fused-ring (bicyclic) bond motifs is 1. The van der Waals surface area contributed by atoms with Gasteiger partial charge in [-0.05, 0) is 24.6 Å². The number of rotatable bonds is 4. The first kappa shape index (κ1) is 17.5. The normalized spacial score (nSPS) is 13.8. The van der Waals surface area contributed by atoms with E-state index in [2.05, 4.69) is 18.1 Å². The Bertz CT molecular complexity index is 894. The standard InChI is InChI=1S/C17H16F3N3O/c1-4-6-11(5-2)10(3)23-15-7-12(17(18,19)20)13(21)8-14(15)22-9-16(23)24/h4-10H,1-2,21H2,3H3/b11-6+. The molecule has 0 saturated heterocycles. The quantitative estimate of drug-likeness (QED) is 0.682. The Kier molecular flexibility index (Phi) is 4.64. The molecule has 0 amide bonds. The molecule has 1 aromatic carbocycles. The van der Waals surface area contributed by atoms with E-state index < -0.39 is 29.0 Å². The van der Waals surface area contributed by atoms with E-state index in [4.69, 9.17) is 5.73 Å². The average molecular weight is 335 g/mol. The summed E-state index contributed by atoms with van der Waals surface area (Å²) in [7, 11) is 0. The molecule has 7 heteroatoms. The molecule has 0 spiro atoms. The summed E-state index contributed by atoms with van der Waals surface area (Å²) in [5.74, 6) is 0. The summed E-state index contributed by atoms with van der Waals surface area (Å²) in [6.45, 7) is 8.92. The molecule has 2 aromatic rings. The van der Waals surface area contributed by atoms with E-state index in [1.807, 2.05) is 0 Å². The van der Waals surface area contributed by atoms with Crippen LogP contribution in [0.4, 0.5) is 18.9 Å². The van der Waals surface area contributed by atoms with E-state index in [-0.39, 0.29) is 11.0 Å². The Labute approximate surface area is 136 Å². The molecule has 4 nitrogen and oxygen atoms in total. The third-order valence-electron chi connectivity index (χ3n) is 3.68. The summed E-state index contributed by atoms with van der Waals surface area (Å²) in [5, 5.41) is 0. The van der Waals surface area contributed by atoms with Crippen molar-refractivity contribution in [3.63, 3.8) is 0 Å². The van der Waals surface area contributed by atoms with Gasteiger partial charge in [0, 0.05) is 5.69 Å². The smallest absolute Gasteiger partial charge is 0.398 e. The molecule has 0 aliphatic heterocycles. The first-order valence-electron chi connectivity index (χ1n) is 7.03. The number of nitrogen functional groups attached to an aromatic ring is 1. The minimum absolute atomic E-state index is 0.0494. The number of nitrogens with zero attached hydrogens (tertiary/aromatic N) is 2. The predicted molar refractivity (Wildman–Crippen MR) is 88.6 cm³/mol. The fraction of sp³-hybridized carbons (Fsp3) is 0.176. The third-order valence-corrected chi connectivity index (χ3v) is 3.68. The zero-order chi connectivity index (χ0) is 18.1. The van der Waals surface area contributed by atoms with E-state index in [0.717, 1.165) is 18.3 Å². The number of anilines is 1. The van der Waals surface area contributed by atoms with Crippen LogP contribution in [-0.4, -0.2) is 9.55 Å². The van der Waals surface area contributed by atoms with Gasteiger partial charge in [-0.1, -0.05) is 31.4 Å². The summed E-state index contributed by atoms with van der Waals surface area (Å²) in [5.41, 5.74) is 4.40. The molecular weight excluding hydrogens is 319 g/mol. The molecule has 126 valence electrons. The van der Waals surface area contributed by atoms with E-state index in [1.165, 1.54) is 16.7 Å². The molecule has 2 rings (SSSR count). The summed E-state index contributed by atoms with van der Waals surface area (Å²) in [6, 6.07) is 1.42. The van der Waals surface area contributed by atoms with Crippen molar-refractivity contribution in [1.29, 1.82) is 0 Å². The minimum atomic E-state index is -4.63. The van der Waals surface area contributed by atoms with Crippen LogP contribution in [-0.2, 0) is 6.18 Å². The Morgan fingerprint density at radius 3 is 2.58 bits per heavy atom. The fourth-order valence-electron chi connectivity index (χ4n) is 2.50. The number of nitrogens with two attached hydrogens (primary N) is 1. The lowest BCUT2D eigenvalue weighted by atomic mass is 10.1. The number of aromatic nitrogens is 2. The molecule has 0 radical (unpaired) electrons. The van der Waals surface area contributed by atoms with Gasteiger partial charge < -0.3 is 5.73 Å². The SMILES string of the molecule is C=C/C=C(\C=C)C(C)n1c(=O)cnc2cc(N)c(C(F)(F)F)cc21. The van der Waals surface area contributed by atoms with Crippen LogP contribution in [0.25, 0.3) is 11.0 Å². The number of halogens is 3. The van der Waals surface area contributed by atoms with Gasteiger partial charge in [-0.25, -0.2) is 4.98 Å². The average Bonchev–Trinajstić information content (AvgIpc) is 2.50. The molecule has 0 aliphatic carbocycles. The highest BCUT2D eigenvalue weighted by Crippen LogP contribution is 2.36. The highest BCUT2D eigenvalue weighted by atomic mass is 19.4. The molecule has 1 heterocycles. The van der Waals surface area contributed by atoms with Gasteiger partial charge in [-0.2, -0.15) is 13.2 Å². The van der Waals surface area contributed by atoms with Gasteiger partial charge in [-0.15, -0.1) is 0 Å². The highest BCUT2D eigenvalue weighted by Gasteiger charge is 2.34. The molecule has 0 fully saturated rings. The lowest BCUT2D eigenvalue weighted by molar-refractivity contribution is -0.136. The van der Waals surface area contributed by atoms with E-state index in [1.54, 1.807) is 13.0 Å². The second-order valence-corrected chi connectivity index (χ2v) is 5.17. The van der Waals surface area contributed by atoms with Crippen LogP contribution in [0.15, 0.2) is 60.1 Å².